The zero-order valence-electron chi connectivity index (χ0n) is 14.1. The molecule has 0 radical (unpaired) electrons. The number of alkyl halides is 4. The van der Waals surface area contributed by atoms with Crippen LogP contribution in [0.5, 0.6) is 5.75 Å². The first-order chi connectivity index (χ1) is 12.8. The van der Waals surface area contributed by atoms with Crippen molar-refractivity contribution in [3.05, 3.63) is 42.7 Å². The van der Waals surface area contributed by atoms with Gasteiger partial charge in [-0.2, -0.15) is 5.10 Å². The first-order valence-corrected chi connectivity index (χ1v) is 8.55. The monoisotopic (exact) mass is 425 g/mol. The summed E-state index contributed by atoms with van der Waals surface area (Å²) < 4.78 is 52.5. The third-order valence-electron chi connectivity index (χ3n) is 3.75. The summed E-state index contributed by atoms with van der Waals surface area (Å²) in [4.78, 5) is 14.1. The molecular weight excluding hydrogens is 410 g/mol. The van der Waals surface area contributed by atoms with Crippen molar-refractivity contribution in [1.29, 1.82) is 0 Å². The Hall–Kier alpha value is -2.00. The molecule has 11 heteroatoms. The molecule has 2 atom stereocenters. The zero-order valence-corrected chi connectivity index (χ0v) is 15.6. The molecule has 1 aromatic carbocycles. The van der Waals surface area contributed by atoms with Crippen molar-refractivity contribution in [1.82, 2.24) is 14.8 Å². The van der Waals surface area contributed by atoms with E-state index in [0.717, 1.165) is 23.1 Å². The van der Waals surface area contributed by atoms with Gasteiger partial charge in [0.25, 0.3) is 0 Å². The predicted molar refractivity (Wildman–Crippen MR) is 91.5 cm³/mol. The number of carbonyl (C=O) groups excluding carboxylic acids is 1. The number of hydrogen-bond acceptors (Lipinski definition) is 5. The molecule has 2 unspecified atom stereocenters. The van der Waals surface area contributed by atoms with E-state index in [2.05, 4.69) is 10.1 Å². The standard InChI is InChI=1S/C16H16Cl2F3N3O3/c1-16(6-19,7-20)12(27-15(25)13(17)18)14(24-9-22-8-23-24)26-11-4-2-10(21)3-5-11/h2-5,8-9,12-14H,6-7H2,1H3. The highest BCUT2D eigenvalue weighted by Gasteiger charge is 2.46. The normalized spacial score (nSPS) is 14.0. The summed E-state index contributed by atoms with van der Waals surface area (Å²) in [6.45, 7) is -1.15. The van der Waals surface area contributed by atoms with Crippen LogP contribution in [0.2, 0.25) is 0 Å². The summed E-state index contributed by atoms with van der Waals surface area (Å²) in [5.41, 5.74) is -1.80. The van der Waals surface area contributed by atoms with Gasteiger partial charge < -0.3 is 9.47 Å². The zero-order chi connectivity index (χ0) is 20.0. The number of halogens is 5. The molecule has 0 saturated heterocycles. The lowest BCUT2D eigenvalue weighted by Gasteiger charge is -2.37. The Bertz CT molecular complexity index is 728. The highest BCUT2D eigenvalue weighted by molar-refractivity contribution is 6.52. The van der Waals surface area contributed by atoms with Gasteiger partial charge in [-0.1, -0.05) is 30.1 Å². The molecule has 1 aromatic heterocycles. The van der Waals surface area contributed by atoms with Gasteiger partial charge in [0.2, 0.25) is 11.1 Å². The quantitative estimate of drug-likeness (QED) is 0.453. The van der Waals surface area contributed by atoms with E-state index in [4.69, 9.17) is 32.7 Å². The van der Waals surface area contributed by atoms with Crippen molar-refractivity contribution < 1.29 is 27.4 Å². The number of benzene rings is 1. The molecule has 1 heterocycles. The summed E-state index contributed by atoms with van der Waals surface area (Å²) >= 11 is 11.0. The van der Waals surface area contributed by atoms with Crippen molar-refractivity contribution in [3.8, 4) is 5.75 Å². The van der Waals surface area contributed by atoms with Gasteiger partial charge in [-0.05, 0) is 24.3 Å². The molecule has 0 N–H and O–H groups in total. The van der Waals surface area contributed by atoms with Crippen LogP contribution in [-0.2, 0) is 9.53 Å². The highest BCUT2D eigenvalue weighted by Crippen LogP contribution is 2.35. The maximum atomic E-state index is 13.7. The van der Waals surface area contributed by atoms with E-state index in [1.807, 2.05) is 0 Å². The number of nitrogens with zero attached hydrogens (tertiary/aromatic N) is 3. The topological polar surface area (TPSA) is 66.2 Å². The number of rotatable bonds is 9. The molecule has 0 spiro atoms. The molecule has 2 rings (SSSR count). The molecule has 0 aliphatic carbocycles. The van der Waals surface area contributed by atoms with Crippen molar-refractivity contribution >= 4 is 29.2 Å². The average Bonchev–Trinajstić information content (AvgIpc) is 3.19. The van der Waals surface area contributed by atoms with Crippen molar-refractivity contribution in [3.63, 3.8) is 0 Å². The maximum absolute atomic E-state index is 13.7. The van der Waals surface area contributed by atoms with Gasteiger partial charge in [0.1, 0.15) is 37.6 Å². The molecule has 6 nitrogen and oxygen atoms in total. The Morgan fingerprint density at radius 3 is 2.37 bits per heavy atom. The minimum Gasteiger partial charge on any atom is -0.465 e. The van der Waals surface area contributed by atoms with Crippen LogP contribution < -0.4 is 4.74 Å². The molecule has 0 aliphatic rings. The Kier molecular flexibility index (Phi) is 7.32. The van der Waals surface area contributed by atoms with Crippen LogP contribution in [0.15, 0.2) is 36.9 Å². The van der Waals surface area contributed by atoms with Gasteiger partial charge in [-0.3, -0.25) is 8.78 Å². The SMILES string of the molecule is CC(CF)(CF)C(OC(=O)C(Cl)Cl)C(Oc1ccc(F)cc1)n1cncn1. The third kappa shape index (κ3) is 5.26. The molecule has 0 fully saturated rings. The van der Waals surface area contributed by atoms with Gasteiger partial charge >= 0.3 is 5.97 Å². The largest absolute Gasteiger partial charge is 0.465 e. The van der Waals surface area contributed by atoms with E-state index in [1.165, 1.54) is 25.4 Å². The second-order valence-electron chi connectivity index (χ2n) is 5.92. The lowest BCUT2D eigenvalue weighted by Crippen LogP contribution is -2.48. The van der Waals surface area contributed by atoms with E-state index in [9.17, 15) is 18.0 Å². The number of esters is 1. The van der Waals surface area contributed by atoms with E-state index < -0.39 is 47.7 Å². The van der Waals surface area contributed by atoms with Crippen molar-refractivity contribution in [2.24, 2.45) is 5.41 Å². The summed E-state index contributed by atoms with van der Waals surface area (Å²) in [5.74, 6) is -1.47. The van der Waals surface area contributed by atoms with Gasteiger partial charge in [-0.25, -0.2) is 18.9 Å². The van der Waals surface area contributed by atoms with Crippen LogP contribution in [0.4, 0.5) is 13.2 Å². The van der Waals surface area contributed by atoms with Crippen molar-refractivity contribution in [2.45, 2.75) is 24.1 Å². The first-order valence-electron chi connectivity index (χ1n) is 7.67. The summed E-state index contributed by atoms with van der Waals surface area (Å²) in [5, 5.41) is 3.89. The second kappa shape index (κ2) is 9.27. The molecule has 0 bridgehead atoms. The lowest BCUT2D eigenvalue weighted by molar-refractivity contribution is -0.172. The Labute approximate surface area is 163 Å². The molecule has 0 aliphatic heterocycles. The third-order valence-corrected chi connectivity index (χ3v) is 4.10. The Morgan fingerprint density at radius 2 is 1.89 bits per heavy atom. The number of hydrogen-bond donors (Lipinski definition) is 0. The number of carbonyl (C=O) groups is 1. The van der Waals surface area contributed by atoms with Crippen LogP contribution in [0.1, 0.15) is 13.2 Å². The fraction of sp³-hybridized carbons (Fsp3) is 0.438. The Balaban J connectivity index is 2.45. The lowest BCUT2D eigenvalue weighted by atomic mass is 9.85. The molecule has 2 aromatic rings. The van der Waals surface area contributed by atoms with Crippen LogP contribution >= 0.6 is 23.2 Å². The second-order valence-corrected chi connectivity index (χ2v) is 7.01. The fourth-order valence-electron chi connectivity index (χ4n) is 2.16. The molecule has 27 heavy (non-hydrogen) atoms. The van der Waals surface area contributed by atoms with Crippen LogP contribution in [0.25, 0.3) is 0 Å². The van der Waals surface area contributed by atoms with Gasteiger partial charge in [0.15, 0.2) is 6.10 Å². The molecule has 0 saturated carbocycles. The van der Waals surface area contributed by atoms with Crippen LogP contribution in [-0.4, -0.2) is 45.0 Å². The number of ether oxygens (including phenoxy) is 2. The summed E-state index contributed by atoms with van der Waals surface area (Å²) in [6, 6.07) is 4.86. The van der Waals surface area contributed by atoms with Gasteiger partial charge in [0, 0.05) is 0 Å². The van der Waals surface area contributed by atoms with E-state index in [-0.39, 0.29) is 5.75 Å². The van der Waals surface area contributed by atoms with Crippen LogP contribution in [0.3, 0.4) is 0 Å². The minimum atomic E-state index is -1.80. The van der Waals surface area contributed by atoms with Gasteiger partial charge in [-0.15, -0.1) is 0 Å². The smallest absolute Gasteiger partial charge is 0.339 e. The fourth-order valence-corrected chi connectivity index (χ4v) is 2.27. The van der Waals surface area contributed by atoms with Gasteiger partial charge in [0.05, 0.1) is 5.41 Å². The van der Waals surface area contributed by atoms with E-state index in [1.54, 1.807) is 0 Å². The molecule has 0 amide bonds. The first kappa shape index (κ1) is 21.3. The van der Waals surface area contributed by atoms with E-state index in [0.29, 0.717) is 0 Å². The summed E-state index contributed by atoms with van der Waals surface area (Å²) in [6.07, 6.45) is -0.476. The van der Waals surface area contributed by atoms with Crippen LogP contribution in [0, 0.1) is 11.2 Å². The highest BCUT2D eigenvalue weighted by atomic mass is 35.5. The minimum absolute atomic E-state index is 0.145. The predicted octanol–water partition coefficient (Wildman–Crippen LogP) is 3.66. The summed E-state index contributed by atoms with van der Waals surface area (Å²) in [7, 11) is 0. The average molecular weight is 426 g/mol. The maximum Gasteiger partial charge on any atom is 0.339 e. The Morgan fingerprint density at radius 1 is 1.26 bits per heavy atom. The molecule has 148 valence electrons. The van der Waals surface area contributed by atoms with E-state index >= 15 is 0 Å². The van der Waals surface area contributed by atoms with Crippen molar-refractivity contribution in [2.75, 3.05) is 13.3 Å². The number of aromatic nitrogens is 3. The molecular formula is C16H16Cl2F3N3O3.